The third-order valence-electron chi connectivity index (χ3n) is 3.58. The molecule has 0 unspecified atom stereocenters. The molecule has 1 aromatic carbocycles. The Kier molecular flexibility index (Phi) is 6.75. The number of imidazole rings is 1. The lowest BCUT2D eigenvalue weighted by molar-refractivity contribution is -0.0541. The second-order valence-corrected chi connectivity index (χ2v) is 6.34. The van der Waals surface area contributed by atoms with Crippen molar-refractivity contribution in [1.82, 2.24) is 9.55 Å². The van der Waals surface area contributed by atoms with Gasteiger partial charge in [0.25, 0.3) is 0 Å². The van der Waals surface area contributed by atoms with E-state index in [2.05, 4.69) is 4.98 Å². The summed E-state index contributed by atoms with van der Waals surface area (Å²) in [6.07, 6.45) is 0. The van der Waals surface area contributed by atoms with Gasteiger partial charge in [0.2, 0.25) is 0 Å². The van der Waals surface area contributed by atoms with E-state index in [4.69, 9.17) is 24.7 Å². The standard InChI is InChI=1S/C18H24FN3O5/c1-18(2,11-26-10-9-24-3)27-16(23)14-15(20)21-17(25-4)22(14)13-7-5-12(19)6-8-13/h5-8H,9-11,20H2,1-4H3. The number of halogens is 1. The molecule has 27 heavy (non-hydrogen) atoms. The number of ether oxygens (including phenoxy) is 4. The average Bonchev–Trinajstić information content (AvgIpc) is 2.95. The summed E-state index contributed by atoms with van der Waals surface area (Å²) in [4.78, 5) is 16.8. The Labute approximate surface area is 157 Å². The number of nitrogens with two attached hydrogens (primary N) is 1. The highest BCUT2D eigenvalue weighted by atomic mass is 19.1. The number of esters is 1. The largest absolute Gasteiger partial charge is 0.468 e. The summed E-state index contributed by atoms with van der Waals surface area (Å²) in [5, 5.41) is 0. The van der Waals surface area contributed by atoms with Gasteiger partial charge in [-0.05, 0) is 38.1 Å². The number of nitrogens with zero attached hydrogens (tertiary/aromatic N) is 2. The quantitative estimate of drug-likeness (QED) is 0.525. The molecule has 1 aromatic heterocycles. The highest BCUT2D eigenvalue weighted by Crippen LogP contribution is 2.27. The van der Waals surface area contributed by atoms with E-state index in [1.165, 1.54) is 35.9 Å². The van der Waals surface area contributed by atoms with Gasteiger partial charge in [0.05, 0.1) is 32.6 Å². The van der Waals surface area contributed by atoms with Gasteiger partial charge in [0.15, 0.2) is 11.5 Å². The Morgan fingerprint density at radius 3 is 2.48 bits per heavy atom. The highest BCUT2D eigenvalue weighted by Gasteiger charge is 2.30. The molecule has 0 spiro atoms. The molecule has 8 nitrogen and oxygen atoms in total. The number of benzene rings is 1. The molecule has 0 aliphatic rings. The zero-order valence-corrected chi connectivity index (χ0v) is 15.8. The number of aromatic nitrogens is 2. The lowest BCUT2D eigenvalue weighted by atomic mass is 10.1. The van der Waals surface area contributed by atoms with Gasteiger partial charge in [-0.15, -0.1) is 0 Å². The van der Waals surface area contributed by atoms with Crippen LogP contribution in [-0.2, 0) is 14.2 Å². The molecule has 148 valence electrons. The SMILES string of the molecule is COCCOCC(C)(C)OC(=O)c1c(N)nc(OC)n1-c1ccc(F)cc1. The molecule has 0 atom stereocenters. The fraction of sp³-hybridized carbons (Fsp3) is 0.444. The third kappa shape index (κ3) is 5.18. The number of anilines is 1. The Morgan fingerprint density at radius 1 is 1.22 bits per heavy atom. The maximum Gasteiger partial charge on any atom is 0.359 e. The number of carbonyl (C=O) groups excluding carboxylic acids is 1. The molecule has 9 heteroatoms. The molecule has 0 fully saturated rings. The van der Waals surface area contributed by atoms with Crippen molar-refractivity contribution in [1.29, 1.82) is 0 Å². The number of methoxy groups -OCH3 is 2. The van der Waals surface area contributed by atoms with Gasteiger partial charge in [-0.1, -0.05) is 0 Å². The zero-order valence-electron chi connectivity index (χ0n) is 15.8. The van der Waals surface area contributed by atoms with Crippen LogP contribution in [0.4, 0.5) is 10.2 Å². The topological polar surface area (TPSA) is 97.8 Å². The van der Waals surface area contributed by atoms with E-state index < -0.39 is 17.4 Å². The highest BCUT2D eigenvalue weighted by molar-refractivity contribution is 5.94. The molecule has 0 radical (unpaired) electrons. The number of hydrogen-bond donors (Lipinski definition) is 1. The van der Waals surface area contributed by atoms with Gasteiger partial charge in [-0.3, -0.25) is 4.57 Å². The van der Waals surface area contributed by atoms with E-state index >= 15 is 0 Å². The number of hydrogen-bond acceptors (Lipinski definition) is 7. The average molecular weight is 381 g/mol. The van der Waals surface area contributed by atoms with E-state index in [0.717, 1.165) is 0 Å². The van der Waals surface area contributed by atoms with Crippen LogP contribution in [0.25, 0.3) is 5.69 Å². The van der Waals surface area contributed by atoms with Crippen molar-refractivity contribution < 1.29 is 28.1 Å². The van der Waals surface area contributed by atoms with Crippen LogP contribution in [0, 0.1) is 5.82 Å². The normalized spacial score (nSPS) is 11.4. The van der Waals surface area contributed by atoms with Crippen molar-refractivity contribution in [3.63, 3.8) is 0 Å². The lowest BCUT2D eigenvalue weighted by Gasteiger charge is -2.25. The van der Waals surface area contributed by atoms with Crippen LogP contribution in [0.5, 0.6) is 6.01 Å². The Morgan fingerprint density at radius 2 is 1.89 bits per heavy atom. The maximum absolute atomic E-state index is 13.2. The van der Waals surface area contributed by atoms with Gasteiger partial charge >= 0.3 is 12.0 Å². The van der Waals surface area contributed by atoms with Crippen molar-refractivity contribution in [2.24, 2.45) is 0 Å². The van der Waals surface area contributed by atoms with Crippen molar-refractivity contribution in [3.05, 3.63) is 35.8 Å². The first-order valence-corrected chi connectivity index (χ1v) is 8.27. The van der Waals surface area contributed by atoms with Crippen molar-refractivity contribution in [2.75, 3.05) is 39.8 Å². The molecule has 0 saturated heterocycles. The van der Waals surface area contributed by atoms with Crippen LogP contribution in [-0.4, -0.2) is 55.2 Å². The molecule has 0 aliphatic carbocycles. The summed E-state index contributed by atoms with van der Waals surface area (Å²) in [5.74, 6) is -1.17. The minimum absolute atomic E-state index is 0.0107. The van der Waals surface area contributed by atoms with Crippen LogP contribution in [0.3, 0.4) is 0 Å². The maximum atomic E-state index is 13.2. The first-order chi connectivity index (χ1) is 12.8. The Balaban J connectivity index is 2.27. The summed E-state index contributed by atoms with van der Waals surface area (Å²) < 4.78 is 35.7. The summed E-state index contributed by atoms with van der Waals surface area (Å²) in [5.41, 5.74) is 5.44. The van der Waals surface area contributed by atoms with E-state index in [9.17, 15) is 9.18 Å². The number of rotatable bonds is 9. The monoisotopic (exact) mass is 381 g/mol. The fourth-order valence-corrected chi connectivity index (χ4v) is 2.37. The van der Waals surface area contributed by atoms with Gasteiger partial charge in [-0.2, -0.15) is 4.98 Å². The molecule has 2 rings (SSSR count). The van der Waals surface area contributed by atoms with Gasteiger partial charge in [-0.25, -0.2) is 9.18 Å². The number of carbonyl (C=O) groups is 1. The van der Waals surface area contributed by atoms with Crippen LogP contribution < -0.4 is 10.5 Å². The smallest absolute Gasteiger partial charge is 0.359 e. The first-order valence-electron chi connectivity index (χ1n) is 8.27. The first kappa shape index (κ1) is 20.7. The molecule has 1 heterocycles. The molecule has 0 bridgehead atoms. The summed E-state index contributed by atoms with van der Waals surface area (Å²) in [6, 6.07) is 5.56. The van der Waals surface area contributed by atoms with E-state index in [1.807, 2.05) is 0 Å². The third-order valence-corrected chi connectivity index (χ3v) is 3.58. The minimum atomic E-state index is -0.914. The van der Waals surface area contributed by atoms with Crippen LogP contribution in [0.15, 0.2) is 24.3 Å². The lowest BCUT2D eigenvalue weighted by Crippen LogP contribution is -2.34. The summed E-state index contributed by atoms with van der Waals surface area (Å²) >= 11 is 0. The molecule has 0 aliphatic heterocycles. The predicted molar refractivity (Wildman–Crippen MR) is 96.7 cm³/mol. The molecule has 0 saturated carbocycles. The Bertz CT molecular complexity index is 774. The van der Waals surface area contributed by atoms with Crippen LogP contribution >= 0.6 is 0 Å². The summed E-state index contributed by atoms with van der Waals surface area (Å²) in [7, 11) is 2.96. The van der Waals surface area contributed by atoms with E-state index in [-0.39, 0.29) is 24.1 Å². The fourth-order valence-electron chi connectivity index (χ4n) is 2.37. The van der Waals surface area contributed by atoms with Gasteiger partial charge < -0.3 is 24.7 Å². The van der Waals surface area contributed by atoms with Crippen LogP contribution in [0.1, 0.15) is 24.3 Å². The van der Waals surface area contributed by atoms with Gasteiger partial charge in [0.1, 0.15) is 11.4 Å². The van der Waals surface area contributed by atoms with Crippen molar-refractivity contribution in [2.45, 2.75) is 19.4 Å². The van der Waals surface area contributed by atoms with Crippen molar-refractivity contribution >= 4 is 11.8 Å². The second-order valence-electron chi connectivity index (χ2n) is 6.34. The second kappa shape index (κ2) is 8.83. The molecular formula is C18H24FN3O5. The molecule has 2 N–H and O–H groups in total. The number of nitrogen functional groups attached to an aromatic ring is 1. The van der Waals surface area contributed by atoms with Crippen LogP contribution in [0.2, 0.25) is 0 Å². The predicted octanol–water partition coefficient (Wildman–Crippen LogP) is 2.20. The molecule has 2 aromatic rings. The zero-order chi connectivity index (χ0) is 20.0. The molecular weight excluding hydrogens is 357 g/mol. The van der Waals surface area contributed by atoms with Gasteiger partial charge in [0, 0.05) is 7.11 Å². The summed E-state index contributed by atoms with van der Waals surface area (Å²) in [6.45, 7) is 4.41. The van der Waals surface area contributed by atoms with E-state index in [1.54, 1.807) is 21.0 Å². The minimum Gasteiger partial charge on any atom is -0.468 e. The Hall–Kier alpha value is -2.65. The molecule has 0 amide bonds. The van der Waals surface area contributed by atoms with Crippen molar-refractivity contribution in [3.8, 4) is 11.7 Å². The van der Waals surface area contributed by atoms with E-state index in [0.29, 0.717) is 18.9 Å².